The molecule has 8 heteroatoms. The number of fused-ring (bicyclic) bond motifs is 2. The van der Waals surface area contributed by atoms with E-state index in [-0.39, 0.29) is 11.7 Å². The molecule has 1 amide bonds. The van der Waals surface area contributed by atoms with Crippen molar-refractivity contribution in [1.29, 1.82) is 0 Å². The van der Waals surface area contributed by atoms with Gasteiger partial charge in [-0.05, 0) is 41.1 Å². The largest absolute Gasteiger partial charge is 0.423 e. The molecule has 5 rings (SSSR count). The summed E-state index contributed by atoms with van der Waals surface area (Å²) in [5.41, 5.74) is 1.51. The smallest absolute Gasteiger partial charge is 0.336 e. The predicted molar refractivity (Wildman–Crippen MR) is 119 cm³/mol. The third-order valence-electron chi connectivity index (χ3n) is 4.66. The van der Waals surface area contributed by atoms with Gasteiger partial charge in [-0.15, -0.1) is 10.2 Å². The number of benzene rings is 3. The summed E-state index contributed by atoms with van der Waals surface area (Å²) in [6.45, 7) is 0. The zero-order valence-electron chi connectivity index (χ0n) is 16.1. The molecule has 1 N–H and O–H groups in total. The lowest BCUT2D eigenvalue weighted by molar-refractivity contribution is -0.113. The number of carbonyl (C=O) groups excluding carboxylic acids is 1. The first kappa shape index (κ1) is 19.1. The second kappa shape index (κ2) is 8.08. The van der Waals surface area contributed by atoms with E-state index in [1.54, 1.807) is 24.3 Å². The molecular weight excluding hydrogens is 414 g/mol. The van der Waals surface area contributed by atoms with Crippen molar-refractivity contribution in [2.45, 2.75) is 5.22 Å². The van der Waals surface area contributed by atoms with Crippen LogP contribution in [0.1, 0.15) is 0 Å². The van der Waals surface area contributed by atoms with Crippen LogP contribution in [0.3, 0.4) is 0 Å². The third-order valence-corrected chi connectivity index (χ3v) is 5.47. The van der Waals surface area contributed by atoms with Crippen LogP contribution < -0.4 is 10.9 Å². The number of aromatic nitrogens is 2. The molecule has 0 aliphatic heterocycles. The zero-order valence-corrected chi connectivity index (χ0v) is 16.9. The van der Waals surface area contributed by atoms with E-state index in [1.165, 1.54) is 6.07 Å². The maximum Gasteiger partial charge on any atom is 0.336 e. The van der Waals surface area contributed by atoms with Crippen molar-refractivity contribution < 1.29 is 13.6 Å². The molecule has 0 radical (unpaired) electrons. The molecule has 2 aromatic heterocycles. The summed E-state index contributed by atoms with van der Waals surface area (Å²) in [6.07, 6.45) is 0. The van der Waals surface area contributed by atoms with Crippen LogP contribution in [0.2, 0.25) is 0 Å². The van der Waals surface area contributed by atoms with Crippen molar-refractivity contribution in [2.24, 2.45) is 0 Å². The van der Waals surface area contributed by atoms with Gasteiger partial charge in [-0.25, -0.2) is 4.79 Å². The summed E-state index contributed by atoms with van der Waals surface area (Å²) in [4.78, 5) is 23.6. The van der Waals surface area contributed by atoms with Gasteiger partial charge in [-0.1, -0.05) is 48.2 Å². The fourth-order valence-corrected chi connectivity index (χ4v) is 3.83. The van der Waals surface area contributed by atoms with Crippen LogP contribution in [-0.2, 0) is 4.79 Å². The Labute approximate surface area is 180 Å². The summed E-state index contributed by atoms with van der Waals surface area (Å²) in [6, 6.07) is 21.9. The topological polar surface area (TPSA) is 98.2 Å². The molecule has 2 heterocycles. The van der Waals surface area contributed by atoms with E-state index in [2.05, 4.69) is 15.5 Å². The number of hydrogen-bond acceptors (Lipinski definition) is 7. The lowest BCUT2D eigenvalue weighted by atomic mass is 10.0. The highest BCUT2D eigenvalue weighted by atomic mass is 32.2. The number of amides is 1. The Hall–Kier alpha value is -3.91. The van der Waals surface area contributed by atoms with Gasteiger partial charge in [0.1, 0.15) is 5.58 Å². The molecule has 0 aliphatic rings. The first-order valence-corrected chi connectivity index (χ1v) is 10.4. The summed E-state index contributed by atoms with van der Waals surface area (Å²) in [5, 5.41) is 14.1. The molecule has 5 aromatic rings. The van der Waals surface area contributed by atoms with Gasteiger partial charge in [-0.2, -0.15) is 0 Å². The summed E-state index contributed by atoms with van der Waals surface area (Å²) in [5.74, 6) is 0.307. The van der Waals surface area contributed by atoms with Crippen LogP contribution in [0, 0.1) is 0 Å². The van der Waals surface area contributed by atoms with Crippen LogP contribution in [0.4, 0.5) is 5.69 Å². The molecule has 0 unspecified atom stereocenters. The molecule has 0 saturated carbocycles. The summed E-state index contributed by atoms with van der Waals surface area (Å²) in [7, 11) is 0. The van der Waals surface area contributed by atoms with Gasteiger partial charge in [0, 0.05) is 22.7 Å². The van der Waals surface area contributed by atoms with E-state index < -0.39 is 5.63 Å². The SMILES string of the molecule is O=C(CSc1nnc(-c2cccc3ccccc23)o1)Nc1ccc2oc(=O)ccc2c1. The Bertz CT molecular complexity index is 1470. The molecule has 0 atom stereocenters. The third kappa shape index (κ3) is 4.06. The van der Waals surface area contributed by atoms with Gasteiger partial charge in [0.15, 0.2) is 0 Å². The maximum atomic E-state index is 12.3. The molecule has 31 heavy (non-hydrogen) atoms. The van der Waals surface area contributed by atoms with E-state index >= 15 is 0 Å². The number of anilines is 1. The van der Waals surface area contributed by atoms with Crippen LogP contribution in [0.15, 0.2) is 91.6 Å². The van der Waals surface area contributed by atoms with Gasteiger partial charge < -0.3 is 14.2 Å². The van der Waals surface area contributed by atoms with Crippen LogP contribution in [-0.4, -0.2) is 21.9 Å². The van der Waals surface area contributed by atoms with E-state index in [9.17, 15) is 9.59 Å². The van der Waals surface area contributed by atoms with E-state index in [0.717, 1.165) is 33.5 Å². The van der Waals surface area contributed by atoms with E-state index in [1.807, 2.05) is 42.5 Å². The highest BCUT2D eigenvalue weighted by molar-refractivity contribution is 7.99. The number of thioether (sulfide) groups is 1. The average Bonchev–Trinajstić information content (AvgIpc) is 3.26. The first-order chi connectivity index (χ1) is 15.2. The maximum absolute atomic E-state index is 12.3. The standard InChI is InChI=1S/C23H15N3O4S/c27-20(24-16-9-10-19-15(12-16)8-11-21(28)29-19)13-31-23-26-25-22(30-23)18-7-3-5-14-4-1-2-6-17(14)18/h1-12H,13H2,(H,24,27). The Morgan fingerprint density at radius 1 is 0.903 bits per heavy atom. The highest BCUT2D eigenvalue weighted by Gasteiger charge is 2.13. The Balaban J connectivity index is 1.26. The molecule has 0 aliphatic carbocycles. The van der Waals surface area contributed by atoms with Crippen LogP contribution >= 0.6 is 11.8 Å². The monoisotopic (exact) mass is 429 g/mol. The fraction of sp³-hybridized carbons (Fsp3) is 0.0435. The molecule has 0 spiro atoms. The highest BCUT2D eigenvalue weighted by Crippen LogP contribution is 2.29. The number of hydrogen-bond donors (Lipinski definition) is 1. The van der Waals surface area contributed by atoms with Crippen LogP contribution in [0.5, 0.6) is 0 Å². The lowest BCUT2D eigenvalue weighted by Crippen LogP contribution is -2.14. The van der Waals surface area contributed by atoms with Crippen molar-refractivity contribution in [3.8, 4) is 11.5 Å². The zero-order chi connectivity index (χ0) is 21.2. The number of rotatable bonds is 5. The van der Waals surface area contributed by atoms with Crippen molar-refractivity contribution in [1.82, 2.24) is 10.2 Å². The number of nitrogens with one attached hydrogen (secondary N) is 1. The van der Waals surface area contributed by atoms with Gasteiger partial charge in [0.25, 0.3) is 5.22 Å². The quantitative estimate of drug-likeness (QED) is 0.319. The van der Waals surface area contributed by atoms with Crippen molar-refractivity contribution in [3.05, 3.63) is 83.2 Å². The van der Waals surface area contributed by atoms with Crippen molar-refractivity contribution in [2.75, 3.05) is 11.1 Å². The molecule has 7 nitrogen and oxygen atoms in total. The van der Waals surface area contributed by atoms with Crippen LogP contribution in [0.25, 0.3) is 33.2 Å². The molecular formula is C23H15N3O4S. The minimum atomic E-state index is -0.414. The number of nitrogens with zero attached hydrogens (tertiary/aromatic N) is 2. The van der Waals surface area contributed by atoms with E-state index in [4.69, 9.17) is 8.83 Å². The minimum Gasteiger partial charge on any atom is -0.423 e. The average molecular weight is 429 g/mol. The molecule has 0 saturated heterocycles. The second-order valence-corrected chi connectivity index (χ2v) is 7.67. The molecule has 0 bridgehead atoms. The van der Waals surface area contributed by atoms with Gasteiger partial charge in [-0.3, -0.25) is 4.79 Å². The first-order valence-electron chi connectivity index (χ1n) is 9.44. The minimum absolute atomic E-state index is 0.110. The predicted octanol–water partition coefficient (Wildman–Crippen LogP) is 4.73. The molecule has 0 fully saturated rings. The summed E-state index contributed by atoms with van der Waals surface area (Å²) >= 11 is 1.16. The Morgan fingerprint density at radius 3 is 2.71 bits per heavy atom. The van der Waals surface area contributed by atoms with Crippen molar-refractivity contribution >= 4 is 45.1 Å². The van der Waals surface area contributed by atoms with Crippen molar-refractivity contribution in [3.63, 3.8) is 0 Å². The Kier molecular flexibility index (Phi) is 4.97. The second-order valence-electron chi connectivity index (χ2n) is 6.74. The summed E-state index contributed by atoms with van der Waals surface area (Å²) < 4.78 is 10.9. The van der Waals surface area contributed by atoms with Gasteiger partial charge >= 0.3 is 5.63 Å². The molecule has 152 valence electrons. The normalized spacial score (nSPS) is 11.1. The van der Waals surface area contributed by atoms with E-state index in [0.29, 0.717) is 22.4 Å². The lowest BCUT2D eigenvalue weighted by Gasteiger charge is -2.05. The van der Waals surface area contributed by atoms with Gasteiger partial charge in [0.05, 0.1) is 5.75 Å². The number of carbonyl (C=O) groups is 1. The van der Waals surface area contributed by atoms with Gasteiger partial charge in [0.2, 0.25) is 11.8 Å². The Morgan fingerprint density at radius 2 is 1.77 bits per heavy atom. The molecule has 3 aromatic carbocycles. The fourth-order valence-electron chi connectivity index (χ4n) is 3.26.